The number of nitrogens with one attached hydrogen (secondary N) is 2. The molecule has 0 radical (unpaired) electrons. The Kier molecular flexibility index (Phi) is 2.95. The van der Waals surface area contributed by atoms with E-state index in [0.29, 0.717) is 17.1 Å². The molecule has 2 rings (SSSR count). The van der Waals surface area contributed by atoms with E-state index in [0.717, 1.165) is 0 Å². The fourth-order valence-electron chi connectivity index (χ4n) is 1.41. The van der Waals surface area contributed by atoms with Gasteiger partial charge in [0.2, 0.25) is 0 Å². The lowest BCUT2D eigenvalue weighted by atomic mass is 10.2. The van der Waals surface area contributed by atoms with Crippen molar-refractivity contribution in [1.29, 1.82) is 0 Å². The molecule has 0 aliphatic rings. The highest BCUT2D eigenvalue weighted by molar-refractivity contribution is 6.06. The number of aromatic nitrogens is 2. The molecule has 0 saturated heterocycles. The molecule has 0 fully saturated rings. The molecule has 17 heavy (non-hydrogen) atoms. The van der Waals surface area contributed by atoms with Gasteiger partial charge < -0.3 is 15.8 Å². The number of para-hydroxylation sites is 2. The van der Waals surface area contributed by atoms with E-state index in [-0.39, 0.29) is 11.6 Å². The van der Waals surface area contributed by atoms with Gasteiger partial charge >= 0.3 is 0 Å². The number of hydrogen-bond acceptors (Lipinski definition) is 4. The van der Waals surface area contributed by atoms with Gasteiger partial charge in [0.15, 0.2) is 0 Å². The zero-order chi connectivity index (χ0) is 12.3. The van der Waals surface area contributed by atoms with Crippen LogP contribution in [-0.4, -0.2) is 23.2 Å². The van der Waals surface area contributed by atoms with Crippen LogP contribution in [0.3, 0.4) is 0 Å². The molecular weight excluding hydrogens is 220 g/mol. The minimum atomic E-state index is -0.357. The second kappa shape index (κ2) is 4.56. The van der Waals surface area contributed by atoms with Crippen molar-refractivity contribution in [3.05, 3.63) is 36.2 Å². The summed E-state index contributed by atoms with van der Waals surface area (Å²) in [6, 6.07) is 7.11. The topological polar surface area (TPSA) is 93.0 Å². The van der Waals surface area contributed by atoms with Crippen molar-refractivity contribution in [2.24, 2.45) is 0 Å². The molecule has 1 amide bonds. The highest BCUT2D eigenvalue weighted by Gasteiger charge is 2.13. The third kappa shape index (κ3) is 2.20. The summed E-state index contributed by atoms with van der Waals surface area (Å²) in [5.74, 6) is 0.225. The van der Waals surface area contributed by atoms with E-state index in [9.17, 15) is 4.79 Å². The van der Waals surface area contributed by atoms with Gasteiger partial charge in [-0.3, -0.25) is 9.89 Å². The fourth-order valence-corrected chi connectivity index (χ4v) is 1.41. The third-order valence-corrected chi connectivity index (χ3v) is 2.25. The lowest BCUT2D eigenvalue weighted by Crippen LogP contribution is -2.14. The van der Waals surface area contributed by atoms with Crippen LogP contribution < -0.4 is 15.8 Å². The first-order chi connectivity index (χ1) is 8.22. The Morgan fingerprint density at radius 3 is 2.88 bits per heavy atom. The summed E-state index contributed by atoms with van der Waals surface area (Å²) >= 11 is 0. The number of carbonyl (C=O) groups is 1. The molecule has 4 N–H and O–H groups in total. The number of benzene rings is 1. The number of hydrogen-bond donors (Lipinski definition) is 3. The molecule has 0 atom stereocenters. The number of rotatable bonds is 3. The van der Waals surface area contributed by atoms with E-state index >= 15 is 0 Å². The monoisotopic (exact) mass is 232 g/mol. The molecule has 0 bridgehead atoms. The molecular formula is C11H12N4O2. The molecule has 2 aromatic rings. The molecule has 0 aliphatic heterocycles. The summed E-state index contributed by atoms with van der Waals surface area (Å²) in [4.78, 5) is 11.8. The van der Waals surface area contributed by atoms with Crippen LogP contribution >= 0.6 is 0 Å². The summed E-state index contributed by atoms with van der Waals surface area (Å²) in [6.07, 6.45) is 1.39. The Morgan fingerprint density at radius 1 is 1.47 bits per heavy atom. The van der Waals surface area contributed by atoms with Gasteiger partial charge in [-0.05, 0) is 12.1 Å². The van der Waals surface area contributed by atoms with Crippen LogP contribution in [0.1, 0.15) is 10.5 Å². The lowest BCUT2D eigenvalue weighted by molar-refractivity contribution is 0.102. The Labute approximate surface area is 97.8 Å². The summed E-state index contributed by atoms with van der Waals surface area (Å²) in [6.45, 7) is 0. The summed E-state index contributed by atoms with van der Waals surface area (Å²) in [7, 11) is 1.54. The van der Waals surface area contributed by atoms with Gasteiger partial charge in [-0.2, -0.15) is 5.10 Å². The van der Waals surface area contributed by atoms with Crippen LogP contribution in [0.5, 0.6) is 5.75 Å². The Bertz CT molecular complexity index is 536. The predicted molar refractivity (Wildman–Crippen MR) is 63.9 cm³/mol. The maximum atomic E-state index is 11.8. The van der Waals surface area contributed by atoms with Crippen molar-refractivity contribution >= 4 is 17.3 Å². The van der Waals surface area contributed by atoms with Crippen molar-refractivity contribution in [2.45, 2.75) is 0 Å². The highest BCUT2D eigenvalue weighted by Crippen LogP contribution is 2.23. The molecule has 0 saturated carbocycles. The van der Waals surface area contributed by atoms with E-state index in [4.69, 9.17) is 10.5 Å². The predicted octanol–water partition coefficient (Wildman–Crippen LogP) is 1.25. The van der Waals surface area contributed by atoms with Gasteiger partial charge in [0.05, 0.1) is 24.7 Å². The van der Waals surface area contributed by atoms with Crippen LogP contribution in [0.2, 0.25) is 0 Å². The van der Waals surface area contributed by atoms with Crippen molar-refractivity contribution in [3.63, 3.8) is 0 Å². The quantitative estimate of drug-likeness (QED) is 0.742. The third-order valence-electron chi connectivity index (χ3n) is 2.25. The molecule has 6 nitrogen and oxygen atoms in total. The van der Waals surface area contributed by atoms with Crippen LogP contribution in [0.25, 0.3) is 0 Å². The second-order valence-corrected chi connectivity index (χ2v) is 3.35. The van der Waals surface area contributed by atoms with Gasteiger partial charge in [0.1, 0.15) is 11.4 Å². The maximum absolute atomic E-state index is 11.8. The van der Waals surface area contributed by atoms with Crippen molar-refractivity contribution in [2.75, 3.05) is 18.2 Å². The summed E-state index contributed by atoms with van der Waals surface area (Å²) < 4.78 is 5.12. The van der Waals surface area contributed by atoms with E-state index in [1.165, 1.54) is 13.3 Å². The van der Waals surface area contributed by atoms with Crippen molar-refractivity contribution < 1.29 is 9.53 Å². The summed E-state index contributed by atoms with van der Waals surface area (Å²) in [5, 5.41) is 8.91. The van der Waals surface area contributed by atoms with Crippen molar-refractivity contribution in [1.82, 2.24) is 10.2 Å². The molecule has 1 heterocycles. The van der Waals surface area contributed by atoms with Gasteiger partial charge in [-0.15, -0.1) is 0 Å². The molecule has 0 aliphatic carbocycles. The number of carbonyl (C=O) groups excluding carboxylic acids is 1. The van der Waals surface area contributed by atoms with E-state index in [2.05, 4.69) is 15.5 Å². The number of nitrogen functional groups attached to an aromatic ring is 1. The van der Waals surface area contributed by atoms with E-state index in [1.807, 2.05) is 6.07 Å². The normalized spacial score (nSPS) is 9.94. The lowest BCUT2D eigenvalue weighted by Gasteiger charge is -2.08. The highest BCUT2D eigenvalue weighted by atomic mass is 16.5. The maximum Gasteiger partial charge on any atom is 0.275 e. The van der Waals surface area contributed by atoms with Crippen LogP contribution in [0.15, 0.2) is 30.5 Å². The van der Waals surface area contributed by atoms with Gasteiger partial charge in [0.25, 0.3) is 5.91 Å². The molecule has 88 valence electrons. The first kappa shape index (κ1) is 11.0. The zero-order valence-electron chi connectivity index (χ0n) is 9.23. The Balaban J connectivity index is 2.22. The van der Waals surface area contributed by atoms with Crippen LogP contribution in [0, 0.1) is 0 Å². The standard InChI is InChI=1S/C11H12N4O2/c1-17-9-5-3-2-4-8(9)14-11(16)10-7(12)6-13-15-10/h2-6H,12H2,1H3,(H,13,15)(H,14,16). The number of nitrogens with zero attached hydrogens (tertiary/aromatic N) is 1. The minimum absolute atomic E-state index is 0.232. The number of nitrogens with two attached hydrogens (primary N) is 1. The van der Waals surface area contributed by atoms with E-state index in [1.54, 1.807) is 18.2 Å². The average molecular weight is 232 g/mol. The Morgan fingerprint density at radius 2 is 2.24 bits per heavy atom. The zero-order valence-corrected chi connectivity index (χ0v) is 9.23. The molecule has 6 heteroatoms. The number of methoxy groups -OCH3 is 1. The first-order valence-corrected chi connectivity index (χ1v) is 4.95. The van der Waals surface area contributed by atoms with Gasteiger partial charge in [0, 0.05) is 0 Å². The van der Waals surface area contributed by atoms with Gasteiger partial charge in [-0.1, -0.05) is 12.1 Å². The SMILES string of the molecule is COc1ccccc1NC(=O)c1[nH]ncc1N. The van der Waals surface area contributed by atoms with Crippen LogP contribution in [-0.2, 0) is 0 Å². The van der Waals surface area contributed by atoms with Gasteiger partial charge in [-0.25, -0.2) is 0 Å². The average Bonchev–Trinajstić information content (AvgIpc) is 2.76. The minimum Gasteiger partial charge on any atom is -0.495 e. The number of amides is 1. The number of anilines is 2. The molecule has 1 aromatic carbocycles. The van der Waals surface area contributed by atoms with Crippen LogP contribution in [0.4, 0.5) is 11.4 Å². The molecule has 0 spiro atoms. The molecule has 1 aromatic heterocycles. The number of ether oxygens (including phenoxy) is 1. The fraction of sp³-hybridized carbons (Fsp3) is 0.0909. The number of H-pyrrole nitrogens is 1. The largest absolute Gasteiger partial charge is 0.495 e. The first-order valence-electron chi connectivity index (χ1n) is 4.95. The summed E-state index contributed by atoms with van der Waals surface area (Å²) in [5.41, 5.74) is 6.69. The second-order valence-electron chi connectivity index (χ2n) is 3.35. The Hall–Kier alpha value is -2.50. The molecule has 0 unspecified atom stereocenters. The number of aromatic amines is 1. The smallest absolute Gasteiger partial charge is 0.275 e. The van der Waals surface area contributed by atoms with E-state index < -0.39 is 0 Å². The van der Waals surface area contributed by atoms with Crippen molar-refractivity contribution in [3.8, 4) is 5.75 Å².